The molecule has 8 nitrogen and oxygen atoms in total. The zero-order chi connectivity index (χ0) is 22.4. The predicted molar refractivity (Wildman–Crippen MR) is 115 cm³/mol. The number of para-hydroxylation sites is 2. The fraction of sp³-hybridized carbons (Fsp3) is 0.304. The molecule has 1 aromatic heterocycles. The Balaban J connectivity index is 1.60. The molecule has 31 heavy (non-hydrogen) atoms. The number of hydrogen-bond acceptors (Lipinski definition) is 6. The first-order chi connectivity index (χ1) is 14.9. The topological polar surface area (TPSA) is 99.5 Å². The average molecular weight is 423 g/mol. The summed E-state index contributed by atoms with van der Waals surface area (Å²) in [6, 6.07) is 13.8. The van der Waals surface area contributed by atoms with Crippen molar-refractivity contribution >= 4 is 28.9 Å². The molecule has 0 aliphatic rings. The standard InChI is InChI=1S/C23H25N3O5/c1-4-15(2)21(23(29)30-3)25-20(27)13-31-22(28)16-9-11-17(12-10-16)26-14-24-18-7-5-6-8-19(18)26/h5-12,14-15,21H,4,13H2,1-3H3,(H,25,27)/t15-,21+/m0/s1. The lowest BCUT2D eigenvalue weighted by Crippen LogP contribution is -2.47. The largest absolute Gasteiger partial charge is 0.467 e. The number of carbonyl (C=O) groups excluding carboxylic acids is 3. The summed E-state index contributed by atoms with van der Waals surface area (Å²) in [5.74, 6) is -1.84. The number of nitrogens with one attached hydrogen (secondary N) is 1. The zero-order valence-corrected chi connectivity index (χ0v) is 17.7. The molecule has 1 amide bonds. The van der Waals surface area contributed by atoms with E-state index in [0.29, 0.717) is 12.0 Å². The second kappa shape index (κ2) is 9.88. The Kier molecular flexibility index (Phi) is 7.02. The quantitative estimate of drug-likeness (QED) is 0.560. The molecule has 0 fully saturated rings. The van der Waals surface area contributed by atoms with E-state index >= 15 is 0 Å². The van der Waals surface area contributed by atoms with Crippen LogP contribution in [0.1, 0.15) is 30.6 Å². The molecule has 0 saturated carbocycles. The lowest BCUT2D eigenvalue weighted by atomic mass is 9.99. The molecule has 162 valence electrons. The Hall–Kier alpha value is -3.68. The number of fused-ring (bicyclic) bond motifs is 1. The van der Waals surface area contributed by atoms with Gasteiger partial charge in [-0.25, -0.2) is 14.6 Å². The summed E-state index contributed by atoms with van der Waals surface area (Å²) in [7, 11) is 1.26. The molecule has 3 aromatic rings. The van der Waals surface area contributed by atoms with E-state index < -0.39 is 30.5 Å². The van der Waals surface area contributed by atoms with Gasteiger partial charge in [-0.15, -0.1) is 0 Å². The molecule has 1 heterocycles. The van der Waals surface area contributed by atoms with Gasteiger partial charge in [-0.2, -0.15) is 0 Å². The van der Waals surface area contributed by atoms with Gasteiger partial charge in [0.25, 0.3) is 5.91 Å². The minimum atomic E-state index is -0.787. The number of methoxy groups -OCH3 is 1. The van der Waals surface area contributed by atoms with Crippen LogP contribution in [0.25, 0.3) is 16.7 Å². The van der Waals surface area contributed by atoms with Gasteiger partial charge in [0, 0.05) is 5.69 Å². The molecule has 1 N–H and O–H groups in total. The van der Waals surface area contributed by atoms with Crippen LogP contribution >= 0.6 is 0 Å². The normalized spacial score (nSPS) is 12.7. The van der Waals surface area contributed by atoms with Gasteiger partial charge in [0.1, 0.15) is 12.4 Å². The summed E-state index contributed by atoms with van der Waals surface area (Å²) in [5, 5.41) is 2.57. The number of hydrogen-bond donors (Lipinski definition) is 1. The summed E-state index contributed by atoms with van der Waals surface area (Å²) in [6.45, 7) is 3.25. The molecule has 0 aliphatic heterocycles. The number of amides is 1. The van der Waals surface area contributed by atoms with Gasteiger partial charge >= 0.3 is 11.9 Å². The number of esters is 2. The van der Waals surface area contributed by atoms with Gasteiger partial charge in [-0.05, 0) is 42.3 Å². The van der Waals surface area contributed by atoms with Gasteiger partial charge in [0.2, 0.25) is 0 Å². The minimum Gasteiger partial charge on any atom is -0.467 e. The molecule has 2 aromatic carbocycles. The number of ether oxygens (including phenoxy) is 2. The van der Waals surface area contributed by atoms with Crippen molar-refractivity contribution in [2.24, 2.45) is 5.92 Å². The average Bonchev–Trinajstić information content (AvgIpc) is 3.24. The first-order valence-electron chi connectivity index (χ1n) is 10.0. The maximum atomic E-state index is 12.3. The number of carbonyl (C=O) groups is 3. The highest BCUT2D eigenvalue weighted by Gasteiger charge is 2.27. The lowest BCUT2D eigenvalue weighted by molar-refractivity contribution is -0.147. The van der Waals surface area contributed by atoms with Crippen molar-refractivity contribution in [3.05, 3.63) is 60.4 Å². The molecule has 3 rings (SSSR count). The number of rotatable bonds is 8. The Labute approximate surface area is 180 Å². The zero-order valence-electron chi connectivity index (χ0n) is 17.7. The van der Waals surface area contributed by atoms with Crippen LogP contribution in [-0.4, -0.2) is 47.2 Å². The van der Waals surface area contributed by atoms with E-state index in [1.54, 1.807) is 30.6 Å². The molecular formula is C23H25N3O5. The summed E-state index contributed by atoms with van der Waals surface area (Å²) < 4.78 is 11.7. The predicted octanol–water partition coefficient (Wildman–Crippen LogP) is 2.89. The van der Waals surface area contributed by atoms with Crippen LogP contribution in [0.2, 0.25) is 0 Å². The van der Waals surface area contributed by atoms with Crippen LogP contribution in [0, 0.1) is 5.92 Å². The Bertz CT molecular complexity index is 1070. The van der Waals surface area contributed by atoms with Crippen molar-refractivity contribution in [3.63, 3.8) is 0 Å². The molecule has 0 radical (unpaired) electrons. The number of imidazole rings is 1. The summed E-state index contributed by atoms with van der Waals surface area (Å²) in [5.41, 5.74) is 2.99. The first-order valence-corrected chi connectivity index (χ1v) is 10.0. The molecule has 0 unspecified atom stereocenters. The van der Waals surface area contributed by atoms with Crippen LogP contribution < -0.4 is 5.32 Å². The van der Waals surface area contributed by atoms with Crippen molar-refractivity contribution in [2.75, 3.05) is 13.7 Å². The highest BCUT2D eigenvalue weighted by Crippen LogP contribution is 2.18. The molecular weight excluding hydrogens is 398 g/mol. The number of nitrogens with zero attached hydrogens (tertiary/aromatic N) is 2. The van der Waals surface area contributed by atoms with Crippen LogP contribution in [-0.2, 0) is 19.1 Å². The van der Waals surface area contributed by atoms with E-state index in [-0.39, 0.29) is 5.92 Å². The fourth-order valence-electron chi connectivity index (χ4n) is 3.15. The van der Waals surface area contributed by atoms with Crippen molar-refractivity contribution in [1.29, 1.82) is 0 Å². The first kappa shape index (κ1) is 22.0. The number of aromatic nitrogens is 2. The van der Waals surface area contributed by atoms with Crippen molar-refractivity contribution in [2.45, 2.75) is 26.3 Å². The van der Waals surface area contributed by atoms with E-state index in [1.165, 1.54) is 7.11 Å². The summed E-state index contributed by atoms with van der Waals surface area (Å²) in [6.07, 6.45) is 2.40. The van der Waals surface area contributed by atoms with E-state index in [4.69, 9.17) is 9.47 Å². The number of benzene rings is 2. The van der Waals surface area contributed by atoms with Gasteiger partial charge in [-0.3, -0.25) is 9.36 Å². The summed E-state index contributed by atoms with van der Waals surface area (Å²) in [4.78, 5) is 40.7. The van der Waals surface area contributed by atoms with E-state index in [9.17, 15) is 14.4 Å². The van der Waals surface area contributed by atoms with Crippen molar-refractivity contribution in [1.82, 2.24) is 14.9 Å². The van der Waals surface area contributed by atoms with Crippen LogP contribution in [0.15, 0.2) is 54.9 Å². The lowest BCUT2D eigenvalue weighted by Gasteiger charge is -2.21. The van der Waals surface area contributed by atoms with Crippen molar-refractivity contribution in [3.8, 4) is 5.69 Å². The van der Waals surface area contributed by atoms with Crippen LogP contribution in [0.4, 0.5) is 0 Å². The fourth-order valence-corrected chi connectivity index (χ4v) is 3.15. The van der Waals surface area contributed by atoms with Crippen LogP contribution in [0.5, 0.6) is 0 Å². The molecule has 2 atom stereocenters. The van der Waals surface area contributed by atoms with Crippen molar-refractivity contribution < 1.29 is 23.9 Å². The highest BCUT2D eigenvalue weighted by atomic mass is 16.5. The second-order valence-electron chi connectivity index (χ2n) is 7.18. The van der Waals surface area contributed by atoms with E-state index in [0.717, 1.165) is 16.7 Å². The van der Waals surface area contributed by atoms with Gasteiger partial charge in [0.15, 0.2) is 6.61 Å². The van der Waals surface area contributed by atoms with Crippen LogP contribution in [0.3, 0.4) is 0 Å². The SMILES string of the molecule is CC[C@H](C)[C@@H](NC(=O)COC(=O)c1ccc(-n2cnc3ccccc32)cc1)C(=O)OC. The third kappa shape index (κ3) is 5.09. The third-order valence-electron chi connectivity index (χ3n) is 5.15. The van der Waals surface area contributed by atoms with E-state index in [2.05, 4.69) is 10.3 Å². The maximum absolute atomic E-state index is 12.3. The van der Waals surface area contributed by atoms with E-state index in [1.807, 2.05) is 42.7 Å². The molecule has 8 heteroatoms. The Morgan fingerprint density at radius 3 is 2.48 bits per heavy atom. The minimum absolute atomic E-state index is 0.112. The third-order valence-corrected chi connectivity index (χ3v) is 5.15. The Morgan fingerprint density at radius 1 is 1.10 bits per heavy atom. The highest BCUT2D eigenvalue weighted by molar-refractivity contribution is 5.92. The smallest absolute Gasteiger partial charge is 0.338 e. The summed E-state index contributed by atoms with van der Waals surface area (Å²) >= 11 is 0. The molecule has 0 aliphatic carbocycles. The maximum Gasteiger partial charge on any atom is 0.338 e. The van der Waals surface area contributed by atoms with Gasteiger partial charge in [0.05, 0.1) is 23.7 Å². The monoisotopic (exact) mass is 423 g/mol. The van der Waals surface area contributed by atoms with Gasteiger partial charge in [-0.1, -0.05) is 32.4 Å². The second-order valence-corrected chi connectivity index (χ2v) is 7.18. The molecule has 0 saturated heterocycles. The van der Waals surface area contributed by atoms with Gasteiger partial charge < -0.3 is 14.8 Å². The molecule has 0 spiro atoms. The Morgan fingerprint density at radius 2 is 1.81 bits per heavy atom. The molecule has 0 bridgehead atoms.